The van der Waals surface area contributed by atoms with Gasteiger partial charge in [0.25, 0.3) is 5.91 Å². The lowest BCUT2D eigenvalue weighted by molar-refractivity contribution is 0.0948. The molecule has 0 atom stereocenters. The molecule has 0 aliphatic carbocycles. The van der Waals surface area contributed by atoms with Crippen LogP contribution in [0.4, 0.5) is 0 Å². The van der Waals surface area contributed by atoms with E-state index in [1.54, 1.807) is 18.9 Å². The lowest BCUT2D eigenvalue weighted by Gasteiger charge is -2.09. The molecular weight excluding hydrogens is 334 g/mol. The quantitative estimate of drug-likeness (QED) is 0.478. The number of fused-ring (bicyclic) bond motifs is 1. The van der Waals surface area contributed by atoms with E-state index < -0.39 is 0 Å². The highest BCUT2D eigenvalue weighted by atomic mass is 32.2. The molecule has 2 N–H and O–H groups in total. The first-order valence-corrected chi connectivity index (χ1v) is 9.19. The van der Waals surface area contributed by atoms with Gasteiger partial charge in [0.1, 0.15) is 0 Å². The average molecular weight is 355 g/mol. The predicted molar refractivity (Wildman–Crippen MR) is 101 cm³/mol. The number of methoxy groups -OCH3 is 1. The maximum atomic E-state index is 12.4. The zero-order valence-electron chi connectivity index (χ0n) is 14.1. The predicted octanol–water partition coefficient (Wildman–Crippen LogP) is 3.62. The summed E-state index contributed by atoms with van der Waals surface area (Å²) in [5.74, 6) is 0.638. The second kappa shape index (κ2) is 8.69. The number of nitrogens with zero attached hydrogens (tertiary/aromatic N) is 1. The number of aromatic nitrogens is 2. The number of amides is 1. The Kier molecular flexibility index (Phi) is 6.09. The van der Waals surface area contributed by atoms with E-state index in [9.17, 15) is 4.79 Å². The van der Waals surface area contributed by atoms with Gasteiger partial charge in [-0.2, -0.15) is 0 Å². The smallest absolute Gasteiger partial charge is 0.251 e. The second-order valence-corrected chi connectivity index (χ2v) is 6.57. The molecule has 0 spiro atoms. The number of hydrogen-bond donors (Lipinski definition) is 2. The number of imidazole rings is 1. The minimum atomic E-state index is -0.0445. The zero-order valence-corrected chi connectivity index (χ0v) is 14.9. The molecule has 0 unspecified atom stereocenters. The summed E-state index contributed by atoms with van der Waals surface area (Å²) in [7, 11) is 1.66. The van der Waals surface area contributed by atoms with Crippen LogP contribution in [-0.4, -0.2) is 36.1 Å². The Labute approximate surface area is 151 Å². The normalized spacial score (nSPS) is 10.9. The lowest BCUT2D eigenvalue weighted by Crippen LogP contribution is -2.26. The van der Waals surface area contributed by atoms with Crippen LogP contribution in [0.3, 0.4) is 0 Å². The number of ether oxygens (including phenoxy) is 1. The van der Waals surface area contributed by atoms with Crippen LogP contribution in [0.2, 0.25) is 0 Å². The Morgan fingerprint density at radius 2 is 2.00 bits per heavy atom. The summed E-state index contributed by atoms with van der Waals surface area (Å²) in [6.45, 7) is 1.25. The maximum Gasteiger partial charge on any atom is 0.251 e. The second-order valence-electron chi connectivity index (χ2n) is 5.61. The summed E-state index contributed by atoms with van der Waals surface area (Å²) >= 11 is 1.60. The van der Waals surface area contributed by atoms with Gasteiger partial charge >= 0.3 is 0 Å². The Hall–Kier alpha value is -2.31. The first-order valence-electron chi connectivity index (χ1n) is 8.20. The molecule has 130 valence electrons. The van der Waals surface area contributed by atoms with Gasteiger partial charge in [0, 0.05) is 31.6 Å². The highest BCUT2D eigenvalue weighted by Gasteiger charge is 2.11. The van der Waals surface area contributed by atoms with Crippen LogP contribution in [0.1, 0.15) is 22.3 Å². The lowest BCUT2D eigenvalue weighted by atomic mass is 10.1. The monoisotopic (exact) mass is 355 g/mol. The molecule has 0 saturated heterocycles. The Balaban J connectivity index is 1.65. The molecule has 2 aromatic carbocycles. The first-order chi connectivity index (χ1) is 12.3. The van der Waals surface area contributed by atoms with Gasteiger partial charge in [-0.1, -0.05) is 42.1 Å². The van der Waals surface area contributed by atoms with E-state index in [-0.39, 0.29) is 5.91 Å². The number of carbonyl (C=O) groups is 1. The number of H-pyrrole nitrogens is 1. The number of carbonyl (C=O) groups excluding carboxylic acids is 1. The molecule has 1 heterocycles. The molecule has 25 heavy (non-hydrogen) atoms. The molecule has 0 fully saturated rings. The van der Waals surface area contributed by atoms with Gasteiger partial charge in [0.15, 0.2) is 5.16 Å². The summed E-state index contributed by atoms with van der Waals surface area (Å²) in [6.07, 6.45) is 0.804. The van der Waals surface area contributed by atoms with Gasteiger partial charge in [-0.15, -0.1) is 0 Å². The number of hydrogen-bond acceptors (Lipinski definition) is 4. The molecular formula is C19H21N3O2S. The molecule has 0 radical (unpaired) electrons. The van der Waals surface area contributed by atoms with Crippen molar-refractivity contribution in [2.45, 2.75) is 17.3 Å². The van der Waals surface area contributed by atoms with Gasteiger partial charge in [0.05, 0.1) is 11.0 Å². The van der Waals surface area contributed by atoms with Crippen LogP contribution < -0.4 is 5.32 Å². The van der Waals surface area contributed by atoms with Gasteiger partial charge < -0.3 is 15.0 Å². The largest absolute Gasteiger partial charge is 0.385 e. The van der Waals surface area contributed by atoms with Gasteiger partial charge in [-0.25, -0.2) is 4.98 Å². The third-order valence-electron chi connectivity index (χ3n) is 3.80. The van der Waals surface area contributed by atoms with E-state index in [4.69, 9.17) is 4.74 Å². The summed E-state index contributed by atoms with van der Waals surface area (Å²) in [5, 5.41) is 3.80. The zero-order chi connectivity index (χ0) is 17.5. The molecule has 3 aromatic rings. The molecule has 0 aliphatic heterocycles. The van der Waals surface area contributed by atoms with Crippen molar-refractivity contribution in [2.75, 3.05) is 20.3 Å². The highest BCUT2D eigenvalue weighted by Crippen LogP contribution is 2.24. The van der Waals surface area contributed by atoms with Crippen LogP contribution in [-0.2, 0) is 10.5 Å². The number of rotatable bonds is 8. The molecule has 0 aliphatic rings. The van der Waals surface area contributed by atoms with Gasteiger partial charge in [0.2, 0.25) is 0 Å². The first kappa shape index (κ1) is 17.5. The van der Waals surface area contributed by atoms with Crippen LogP contribution in [0.5, 0.6) is 0 Å². The third-order valence-corrected chi connectivity index (χ3v) is 4.73. The molecule has 1 amide bonds. The van der Waals surface area contributed by atoms with E-state index in [0.29, 0.717) is 24.5 Å². The topological polar surface area (TPSA) is 67.0 Å². The standard InChI is InChI=1S/C19H21N3O2S/c1-24-12-6-11-20-18(23)15-8-3-2-7-14(15)13-25-19-21-16-9-4-5-10-17(16)22-19/h2-5,7-10H,6,11-13H2,1H3,(H,20,23)(H,21,22). The van der Waals surface area contributed by atoms with Gasteiger partial charge in [-0.3, -0.25) is 4.79 Å². The van der Waals surface area contributed by atoms with Crippen molar-refractivity contribution in [3.8, 4) is 0 Å². The van der Waals surface area contributed by atoms with Crippen LogP contribution in [0, 0.1) is 0 Å². The van der Waals surface area contributed by atoms with Crippen LogP contribution in [0.25, 0.3) is 11.0 Å². The van der Waals surface area contributed by atoms with E-state index >= 15 is 0 Å². The van der Waals surface area contributed by atoms with Crippen molar-refractivity contribution in [1.82, 2.24) is 15.3 Å². The number of thioether (sulfide) groups is 1. The molecule has 5 nitrogen and oxygen atoms in total. The van der Waals surface area contributed by atoms with Crippen molar-refractivity contribution in [1.29, 1.82) is 0 Å². The maximum absolute atomic E-state index is 12.4. The molecule has 1 aromatic heterocycles. The summed E-state index contributed by atoms with van der Waals surface area (Å²) in [5.41, 5.74) is 3.68. The van der Waals surface area contributed by atoms with Crippen LogP contribution >= 0.6 is 11.8 Å². The van der Waals surface area contributed by atoms with Crippen molar-refractivity contribution >= 4 is 28.7 Å². The summed E-state index contributed by atoms with van der Waals surface area (Å²) < 4.78 is 5.00. The van der Waals surface area contributed by atoms with E-state index in [1.165, 1.54) is 0 Å². The molecule has 0 bridgehead atoms. The molecule has 0 saturated carbocycles. The average Bonchev–Trinajstić information content (AvgIpc) is 3.06. The van der Waals surface area contributed by atoms with Crippen molar-refractivity contribution in [3.63, 3.8) is 0 Å². The fourth-order valence-electron chi connectivity index (χ4n) is 2.53. The van der Waals surface area contributed by atoms with Crippen LogP contribution in [0.15, 0.2) is 53.7 Å². The van der Waals surface area contributed by atoms with Gasteiger partial charge in [-0.05, 0) is 30.2 Å². The number of benzene rings is 2. The fraction of sp³-hybridized carbons (Fsp3) is 0.263. The van der Waals surface area contributed by atoms with Crippen molar-refractivity contribution < 1.29 is 9.53 Å². The summed E-state index contributed by atoms with van der Waals surface area (Å²) in [6, 6.07) is 15.6. The Bertz CT molecular complexity index is 814. The Morgan fingerprint density at radius 3 is 2.84 bits per heavy atom. The SMILES string of the molecule is COCCCNC(=O)c1ccccc1CSc1nc2ccccc2[nH]1. The molecule has 6 heteroatoms. The minimum absolute atomic E-state index is 0.0445. The number of nitrogens with one attached hydrogen (secondary N) is 2. The van der Waals surface area contributed by atoms with E-state index in [2.05, 4.69) is 15.3 Å². The molecule has 3 rings (SSSR count). The van der Waals surface area contributed by atoms with Crippen molar-refractivity contribution in [3.05, 3.63) is 59.7 Å². The highest BCUT2D eigenvalue weighted by molar-refractivity contribution is 7.98. The van der Waals surface area contributed by atoms with Crippen molar-refractivity contribution in [2.24, 2.45) is 0 Å². The number of aromatic amines is 1. The Morgan fingerprint density at radius 1 is 1.20 bits per heavy atom. The van der Waals surface area contributed by atoms with E-state index in [0.717, 1.165) is 28.2 Å². The number of para-hydroxylation sites is 2. The third kappa shape index (κ3) is 4.61. The van der Waals surface area contributed by atoms with E-state index in [1.807, 2.05) is 48.5 Å². The fourth-order valence-corrected chi connectivity index (χ4v) is 3.41. The minimum Gasteiger partial charge on any atom is -0.385 e. The summed E-state index contributed by atoms with van der Waals surface area (Å²) in [4.78, 5) is 20.3.